The van der Waals surface area contributed by atoms with Gasteiger partial charge in [-0.1, -0.05) is 35.3 Å². The van der Waals surface area contributed by atoms with Crippen molar-refractivity contribution in [1.29, 1.82) is 0 Å². The minimum Gasteiger partial charge on any atom is -0.493 e. The first kappa shape index (κ1) is 19.9. The molecular weight excluding hydrogens is 429 g/mol. The molecule has 4 rings (SSSR count). The van der Waals surface area contributed by atoms with Gasteiger partial charge in [0.1, 0.15) is 11.3 Å². The summed E-state index contributed by atoms with van der Waals surface area (Å²) in [6.07, 6.45) is 0. The summed E-state index contributed by atoms with van der Waals surface area (Å²) in [7, 11) is 0. The number of nitrogens with one attached hydrogen (secondary N) is 1. The van der Waals surface area contributed by atoms with Crippen molar-refractivity contribution in [2.75, 3.05) is 6.61 Å². The average Bonchev–Trinajstić information content (AvgIpc) is 3.05. The van der Waals surface area contributed by atoms with Gasteiger partial charge in [-0.05, 0) is 37.3 Å². The number of carbonyl (C=O) groups is 1. The van der Waals surface area contributed by atoms with Gasteiger partial charge >= 0.3 is 5.69 Å². The molecule has 0 aliphatic heterocycles. The van der Waals surface area contributed by atoms with Gasteiger partial charge in [0.15, 0.2) is 17.2 Å². The second kappa shape index (κ2) is 7.81. The zero-order chi connectivity index (χ0) is 21.4. The number of carbonyl (C=O) groups excluding carboxylic acids is 1. The number of nitrogens with zero attached hydrogens (tertiary/aromatic N) is 3. The quantitative estimate of drug-likeness (QED) is 0.488. The third-order valence-corrected chi connectivity index (χ3v) is 5.10. The normalized spacial score (nSPS) is 11.0. The van der Waals surface area contributed by atoms with Crippen LogP contribution in [-0.4, -0.2) is 32.0 Å². The number of primary amides is 1. The lowest BCUT2D eigenvalue weighted by Crippen LogP contribution is -2.15. The summed E-state index contributed by atoms with van der Waals surface area (Å²) < 4.78 is 6.92. The number of hydrogen-bond acceptors (Lipinski definition) is 5. The van der Waals surface area contributed by atoms with E-state index >= 15 is 0 Å². The topological polar surface area (TPSA) is 116 Å². The van der Waals surface area contributed by atoms with Gasteiger partial charge in [0.05, 0.1) is 27.9 Å². The lowest BCUT2D eigenvalue weighted by Gasteiger charge is -2.10. The minimum absolute atomic E-state index is 0.114. The Bertz CT molecular complexity index is 1350. The van der Waals surface area contributed by atoms with Crippen molar-refractivity contribution in [3.63, 3.8) is 0 Å². The zero-order valence-corrected chi connectivity index (χ0v) is 17.2. The second-order valence-electron chi connectivity index (χ2n) is 6.25. The van der Waals surface area contributed by atoms with E-state index in [-0.39, 0.29) is 27.7 Å². The van der Waals surface area contributed by atoms with Crippen LogP contribution in [0.2, 0.25) is 10.0 Å². The predicted molar refractivity (Wildman–Crippen MR) is 115 cm³/mol. The van der Waals surface area contributed by atoms with Gasteiger partial charge in [0.2, 0.25) is 0 Å². The summed E-state index contributed by atoms with van der Waals surface area (Å²) in [4.78, 5) is 36.2. The Balaban J connectivity index is 2.05. The second-order valence-corrected chi connectivity index (χ2v) is 7.07. The molecule has 0 fully saturated rings. The van der Waals surface area contributed by atoms with E-state index < -0.39 is 11.6 Å². The number of fused-ring (bicyclic) bond motifs is 1. The summed E-state index contributed by atoms with van der Waals surface area (Å²) in [5.41, 5.74) is 6.15. The predicted octanol–water partition coefficient (Wildman–Crippen LogP) is 3.58. The molecule has 0 atom stereocenters. The molecule has 0 unspecified atom stereocenters. The van der Waals surface area contributed by atoms with E-state index in [0.29, 0.717) is 28.6 Å². The Labute approximate surface area is 180 Å². The molecule has 0 saturated carbocycles. The third-order valence-electron chi connectivity index (χ3n) is 4.36. The monoisotopic (exact) mass is 443 g/mol. The Morgan fingerprint density at radius 1 is 1.17 bits per heavy atom. The highest BCUT2D eigenvalue weighted by molar-refractivity contribution is 6.42. The number of imidazole rings is 1. The summed E-state index contributed by atoms with van der Waals surface area (Å²) >= 11 is 12.1. The van der Waals surface area contributed by atoms with Gasteiger partial charge in [-0.3, -0.25) is 4.79 Å². The average molecular weight is 444 g/mol. The van der Waals surface area contributed by atoms with Gasteiger partial charge in [-0.15, -0.1) is 0 Å². The third kappa shape index (κ3) is 3.40. The molecule has 0 aliphatic rings. The van der Waals surface area contributed by atoms with Gasteiger partial charge < -0.3 is 15.5 Å². The van der Waals surface area contributed by atoms with E-state index in [1.165, 1.54) is 10.6 Å². The van der Waals surface area contributed by atoms with Crippen molar-refractivity contribution < 1.29 is 9.53 Å². The number of hydrogen-bond donors (Lipinski definition) is 2. The van der Waals surface area contributed by atoms with Crippen LogP contribution in [0, 0.1) is 0 Å². The molecule has 0 radical (unpaired) electrons. The number of nitrogens with two attached hydrogens (primary N) is 1. The van der Waals surface area contributed by atoms with E-state index in [1.54, 1.807) is 30.3 Å². The van der Waals surface area contributed by atoms with Crippen molar-refractivity contribution in [2.24, 2.45) is 5.73 Å². The number of aromatic nitrogens is 4. The fourth-order valence-corrected chi connectivity index (χ4v) is 3.37. The van der Waals surface area contributed by atoms with Crippen LogP contribution in [0.1, 0.15) is 17.4 Å². The first-order valence-electron chi connectivity index (χ1n) is 8.91. The molecule has 0 saturated heterocycles. The Hall–Kier alpha value is -3.36. The molecule has 30 heavy (non-hydrogen) atoms. The van der Waals surface area contributed by atoms with E-state index in [4.69, 9.17) is 33.7 Å². The first-order chi connectivity index (χ1) is 14.4. The van der Waals surface area contributed by atoms with Crippen LogP contribution >= 0.6 is 23.2 Å². The Morgan fingerprint density at radius 2 is 1.93 bits per heavy atom. The smallest absolute Gasteiger partial charge is 0.332 e. The SMILES string of the molecule is CCOc1ccccc1-c1nc(C(N)=O)c2[nH]c(=O)n(-c3ccc(Cl)c(Cl)c3)c2n1. The largest absolute Gasteiger partial charge is 0.493 e. The van der Waals surface area contributed by atoms with Crippen LogP contribution in [0.3, 0.4) is 0 Å². The molecule has 2 aromatic carbocycles. The van der Waals surface area contributed by atoms with Crippen molar-refractivity contribution >= 4 is 40.3 Å². The van der Waals surface area contributed by atoms with Crippen molar-refractivity contribution in [2.45, 2.75) is 6.92 Å². The molecule has 2 aromatic heterocycles. The molecule has 0 spiro atoms. The number of aromatic amines is 1. The van der Waals surface area contributed by atoms with Crippen LogP contribution in [0.15, 0.2) is 47.3 Å². The van der Waals surface area contributed by atoms with Crippen molar-refractivity contribution in [3.05, 3.63) is 68.7 Å². The number of H-pyrrole nitrogens is 1. The van der Waals surface area contributed by atoms with Crippen LogP contribution in [0.25, 0.3) is 28.2 Å². The number of benzene rings is 2. The molecule has 0 bridgehead atoms. The number of rotatable bonds is 5. The summed E-state index contributed by atoms with van der Waals surface area (Å²) in [5, 5.41) is 0.605. The number of halogens is 2. The van der Waals surface area contributed by atoms with Gasteiger partial charge in [0, 0.05) is 0 Å². The Morgan fingerprint density at radius 3 is 2.63 bits per heavy atom. The van der Waals surface area contributed by atoms with E-state index in [0.717, 1.165) is 0 Å². The van der Waals surface area contributed by atoms with E-state index in [9.17, 15) is 9.59 Å². The summed E-state index contributed by atoms with van der Waals surface area (Å²) in [5.74, 6) is -0.0815. The highest BCUT2D eigenvalue weighted by Gasteiger charge is 2.21. The number of ether oxygens (including phenoxy) is 1. The highest BCUT2D eigenvalue weighted by atomic mass is 35.5. The van der Waals surface area contributed by atoms with E-state index in [1.807, 2.05) is 13.0 Å². The zero-order valence-electron chi connectivity index (χ0n) is 15.6. The fourth-order valence-electron chi connectivity index (χ4n) is 3.08. The standard InChI is InChI=1S/C20H15Cl2N5O3/c1-2-30-14-6-4-3-5-11(14)18-24-15(17(23)28)16-19(26-18)27(20(29)25-16)10-7-8-12(21)13(22)9-10/h3-9H,2H2,1H3,(H2,23,28)(H,25,29). The number of amides is 1. The van der Waals surface area contributed by atoms with Crippen LogP contribution < -0.4 is 16.2 Å². The fraction of sp³-hybridized carbons (Fsp3) is 0.100. The highest BCUT2D eigenvalue weighted by Crippen LogP contribution is 2.30. The van der Waals surface area contributed by atoms with Gasteiger partial charge in [-0.2, -0.15) is 0 Å². The molecule has 1 amide bonds. The molecular formula is C20H15Cl2N5O3. The molecule has 8 nitrogen and oxygen atoms in total. The Kier molecular flexibility index (Phi) is 5.19. The molecule has 3 N–H and O–H groups in total. The van der Waals surface area contributed by atoms with Crippen molar-refractivity contribution in [3.8, 4) is 22.8 Å². The summed E-state index contributed by atoms with van der Waals surface area (Å²) in [6, 6.07) is 11.8. The van der Waals surface area contributed by atoms with Gasteiger partial charge in [-0.25, -0.2) is 19.3 Å². The van der Waals surface area contributed by atoms with E-state index in [2.05, 4.69) is 15.0 Å². The molecule has 0 aliphatic carbocycles. The van der Waals surface area contributed by atoms with Crippen LogP contribution in [-0.2, 0) is 0 Å². The minimum atomic E-state index is -0.805. The lowest BCUT2D eigenvalue weighted by atomic mass is 10.1. The molecule has 4 aromatic rings. The maximum atomic E-state index is 12.7. The molecule has 152 valence electrons. The number of para-hydroxylation sites is 1. The molecule has 10 heteroatoms. The first-order valence-corrected chi connectivity index (χ1v) is 9.66. The molecule has 2 heterocycles. The van der Waals surface area contributed by atoms with Crippen molar-refractivity contribution in [1.82, 2.24) is 19.5 Å². The van der Waals surface area contributed by atoms with Gasteiger partial charge in [0.25, 0.3) is 5.91 Å². The summed E-state index contributed by atoms with van der Waals surface area (Å²) in [6.45, 7) is 2.28. The maximum absolute atomic E-state index is 12.7. The lowest BCUT2D eigenvalue weighted by molar-refractivity contribution is 0.0997. The van der Waals surface area contributed by atoms with Crippen LogP contribution in [0.5, 0.6) is 5.75 Å². The van der Waals surface area contributed by atoms with Crippen LogP contribution in [0.4, 0.5) is 0 Å². The maximum Gasteiger partial charge on any atom is 0.332 e.